The fourth-order valence-corrected chi connectivity index (χ4v) is 1.66. The number of aromatic nitrogens is 3. The third-order valence-corrected chi connectivity index (χ3v) is 2.76. The Bertz CT molecular complexity index is 635. The molecule has 0 aromatic carbocycles. The van der Waals surface area contributed by atoms with Gasteiger partial charge in [0, 0.05) is 17.3 Å². The van der Waals surface area contributed by atoms with Gasteiger partial charge >= 0.3 is 5.97 Å². The van der Waals surface area contributed by atoms with Crippen molar-refractivity contribution in [2.24, 2.45) is 0 Å². The lowest BCUT2D eigenvalue weighted by atomic mass is 10.2. The number of nitrogens with one attached hydrogen (secondary N) is 2. The highest BCUT2D eigenvalue weighted by Gasteiger charge is 2.17. The summed E-state index contributed by atoms with van der Waals surface area (Å²) in [4.78, 5) is 27.3. The van der Waals surface area contributed by atoms with Gasteiger partial charge in [0.2, 0.25) is 0 Å². The van der Waals surface area contributed by atoms with Crippen LogP contribution in [0.15, 0.2) is 12.3 Å². The average Bonchev–Trinajstić information content (AvgIpc) is 2.78. The monoisotopic (exact) mass is 262 g/mol. The molecule has 0 aliphatic heterocycles. The third-order valence-electron chi connectivity index (χ3n) is 2.76. The zero-order valence-corrected chi connectivity index (χ0v) is 10.9. The molecule has 19 heavy (non-hydrogen) atoms. The number of aryl methyl sites for hydroxylation is 1. The first-order valence-corrected chi connectivity index (χ1v) is 5.72. The summed E-state index contributed by atoms with van der Waals surface area (Å²) >= 11 is 0. The highest BCUT2D eigenvalue weighted by Crippen LogP contribution is 2.14. The number of ether oxygens (including phenoxy) is 1. The highest BCUT2D eigenvalue weighted by molar-refractivity contribution is 5.99. The number of hydrogen-bond acceptors (Lipinski definition) is 5. The number of hydrogen-bond donors (Lipinski definition) is 2. The summed E-state index contributed by atoms with van der Waals surface area (Å²) in [6.07, 6.45) is 1.42. The van der Waals surface area contributed by atoms with Crippen molar-refractivity contribution in [3.05, 3.63) is 23.5 Å². The molecule has 2 aromatic rings. The topological polar surface area (TPSA) is 97.0 Å². The summed E-state index contributed by atoms with van der Waals surface area (Å²) in [5.74, 6) is -0.880. The maximum atomic E-state index is 12.0. The van der Waals surface area contributed by atoms with Crippen molar-refractivity contribution in [3.63, 3.8) is 0 Å². The van der Waals surface area contributed by atoms with E-state index in [1.54, 1.807) is 13.0 Å². The quantitative estimate of drug-likeness (QED) is 0.788. The summed E-state index contributed by atoms with van der Waals surface area (Å²) in [7, 11) is 1.27. The van der Waals surface area contributed by atoms with E-state index in [1.807, 2.05) is 6.92 Å². The molecule has 100 valence electrons. The predicted molar refractivity (Wildman–Crippen MR) is 67.6 cm³/mol. The van der Waals surface area contributed by atoms with Crippen molar-refractivity contribution in [2.75, 3.05) is 7.11 Å². The van der Waals surface area contributed by atoms with E-state index in [-0.39, 0.29) is 5.91 Å². The SMILES string of the molecule is COC(=O)[C@H](C)NC(=O)c1cnc2n[nH]c(C)c2c1. The van der Waals surface area contributed by atoms with Crippen LogP contribution in [0.2, 0.25) is 0 Å². The molecule has 1 atom stereocenters. The Hall–Kier alpha value is -2.44. The molecule has 0 aliphatic rings. The Kier molecular flexibility index (Phi) is 3.46. The van der Waals surface area contributed by atoms with Crippen molar-refractivity contribution < 1.29 is 14.3 Å². The van der Waals surface area contributed by atoms with E-state index in [0.717, 1.165) is 11.1 Å². The van der Waals surface area contributed by atoms with Gasteiger partial charge in [-0.3, -0.25) is 9.89 Å². The standard InChI is InChI=1S/C12H14N4O3/c1-6-9-4-8(5-13-10(9)16-15-6)11(17)14-7(2)12(18)19-3/h4-5,7H,1-3H3,(H,14,17)(H,13,15,16)/t7-/m0/s1. The van der Waals surface area contributed by atoms with E-state index in [4.69, 9.17) is 0 Å². The Labute approximate surface area is 109 Å². The number of H-pyrrole nitrogens is 1. The Morgan fingerprint density at radius 3 is 2.89 bits per heavy atom. The number of pyridine rings is 1. The van der Waals surface area contributed by atoms with E-state index in [2.05, 4.69) is 25.2 Å². The van der Waals surface area contributed by atoms with Crippen molar-refractivity contribution in [3.8, 4) is 0 Å². The molecular weight excluding hydrogens is 248 g/mol. The van der Waals surface area contributed by atoms with E-state index < -0.39 is 12.0 Å². The second-order valence-corrected chi connectivity index (χ2v) is 4.16. The van der Waals surface area contributed by atoms with Crippen LogP contribution in [0.1, 0.15) is 23.0 Å². The summed E-state index contributed by atoms with van der Waals surface area (Å²) in [5.41, 5.74) is 1.75. The second kappa shape index (κ2) is 5.05. The Balaban J connectivity index is 2.21. The average molecular weight is 262 g/mol. The number of amides is 1. The van der Waals surface area contributed by atoms with Crippen molar-refractivity contribution in [1.82, 2.24) is 20.5 Å². The maximum absolute atomic E-state index is 12.0. The fourth-order valence-electron chi connectivity index (χ4n) is 1.66. The minimum Gasteiger partial charge on any atom is -0.467 e. The molecule has 1 amide bonds. The van der Waals surface area contributed by atoms with Crippen molar-refractivity contribution in [2.45, 2.75) is 19.9 Å². The molecular formula is C12H14N4O3. The van der Waals surface area contributed by atoms with Gasteiger partial charge in [-0.25, -0.2) is 9.78 Å². The molecule has 2 rings (SSSR count). The van der Waals surface area contributed by atoms with Crippen LogP contribution in [0, 0.1) is 6.92 Å². The molecule has 0 unspecified atom stereocenters. The van der Waals surface area contributed by atoms with Crippen LogP contribution in [-0.2, 0) is 9.53 Å². The van der Waals surface area contributed by atoms with Gasteiger partial charge in [0.25, 0.3) is 5.91 Å². The number of carbonyl (C=O) groups excluding carboxylic acids is 2. The molecule has 2 aromatic heterocycles. The largest absolute Gasteiger partial charge is 0.467 e. The molecule has 7 heteroatoms. The zero-order valence-electron chi connectivity index (χ0n) is 10.9. The molecule has 0 bridgehead atoms. The van der Waals surface area contributed by atoms with Gasteiger partial charge in [-0.2, -0.15) is 5.10 Å². The summed E-state index contributed by atoms with van der Waals surface area (Å²) in [5, 5.41) is 10.1. The predicted octanol–water partition coefficient (Wildman–Crippen LogP) is 0.558. The first kappa shape index (κ1) is 13.0. The minimum absolute atomic E-state index is 0.368. The number of fused-ring (bicyclic) bond motifs is 1. The number of esters is 1. The molecule has 2 N–H and O–H groups in total. The molecule has 2 heterocycles. The number of nitrogens with zero attached hydrogens (tertiary/aromatic N) is 2. The van der Waals surface area contributed by atoms with E-state index in [1.165, 1.54) is 13.3 Å². The van der Waals surface area contributed by atoms with Gasteiger partial charge in [-0.05, 0) is 19.9 Å². The lowest BCUT2D eigenvalue weighted by Crippen LogP contribution is -2.39. The molecule has 0 radical (unpaired) electrons. The third kappa shape index (κ3) is 2.54. The smallest absolute Gasteiger partial charge is 0.328 e. The van der Waals surface area contributed by atoms with E-state index in [0.29, 0.717) is 11.2 Å². The minimum atomic E-state index is -0.710. The number of aromatic amines is 1. The molecule has 0 fully saturated rings. The van der Waals surface area contributed by atoms with Crippen molar-refractivity contribution >= 4 is 22.9 Å². The molecule has 0 spiro atoms. The van der Waals surface area contributed by atoms with Gasteiger partial charge in [0.05, 0.1) is 12.7 Å². The first-order valence-electron chi connectivity index (χ1n) is 5.72. The first-order chi connectivity index (χ1) is 9.02. The van der Waals surface area contributed by atoms with Gasteiger partial charge in [-0.1, -0.05) is 0 Å². The van der Waals surface area contributed by atoms with Crippen LogP contribution in [0.5, 0.6) is 0 Å². The number of methoxy groups -OCH3 is 1. The number of rotatable bonds is 3. The number of carbonyl (C=O) groups is 2. The molecule has 0 aliphatic carbocycles. The van der Waals surface area contributed by atoms with E-state index >= 15 is 0 Å². The van der Waals surface area contributed by atoms with Gasteiger partial charge in [-0.15, -0.1) is 0 Å². The highest BCUT2D eigenvalue weighted by atomic mass is 16.5. The van der Waals surface area contributed by atoms with Crippen LogP contribution in [-0.4, -0.2) is 40.2 Å². The lowest BCUT2D eigenvalue weighted by Gasteiger charge is -2.11. The van der Waals surface area contributed by atoms with Crippen LogP contribution in [0.25, 0.3) is 11.0 Å². The van der Waals surface area contributed by atoms with Gasteiger partial charge in [0.15, 0.2) is 5.65 Å². The summed E-state index contributed by atoms with van der Waals surface area (Å²) in [6, 6.07) is 0.971. The Morgan fingerprint density at radius 1 is 1.47 bits per heavy atom. The van der Waals surface area contributed by atoms with Crippen LogP contribution in [0.3, 0.4) is 0 Å². The maximum Gasteiger partial charge on any atom is 0.328 e. The fraction of sp³-hybridized carbons (Fsp3) is 0.333. The Morgan fingerprint density at radius 2 is 2.21 bits per heavy atom. The summed E-state index contributed by atoms with van der Waals surface area (Å²) in [6.45, 7) is 3.40. The van der Waals surface area contributed by atoms with Crippen molar-refractivity contribution in [1.29, 1.82) is 0 Å². The van der Waals surface area contributed by atoms with Gasteiger partial charge in [0.1, 0.15) is 6.04 Å². The summed E-state index contributed by atoms with van der Waals surface area (Å²) < 4.78 is 4.54. The van der Waals surface area contributed by atoms with Crippen LogP contribution < -0.4 is 5.32 Å². The van der Waals surface area contributed by atoms with Crippen LogP contribution in [0.4, 0.5) is 0 Å². The normalized spacial score (nSPS) is 12.2. The second-order valence-electron chi connectivity index (χ2n) is 4.16. The van der Waals surface area contributed by atoms with Crippen LogP contribution >= 0.6 is 0 Å². The molecule has 0 saturated carbocycles. The van der Waals surface area contributed by atoms with E-state index in [9.17, 15) is 9.59 Å². The zero-order chi connectivity index (χ0) is 14.0. The van der Waals surface area contributed by atoms with Gasteiger partial charge < -0.3 is 10.1 Å². The molecule has 0 saturated heterocycles. The molecule has 7 nitrogen and oxygen atoms in total. The lowest BCUT2D eigenvalue weighted by molar-refractivity contribution is -0.142.